The van der Waals surface area contributed by atoms with E-state index >= 15 is 0 Å². The van der Waals surface area contributed by atoms with Crippen LogP contribution >= 0.6 is 0 Å². The van der Waals surface area contributed by atoms with E-state index in [9.17, 15) is 12.8 Å². The van der Waals surface area contributed by atoms with Crippen LogP contribution in [-0.2, 0) is 16.4 Å². The fourth-order valence-electron chi connectivity index (χ4n) is 2.25. The van der Waals surface area contributed by atoms with Crippen molar-refractivity contribution in [2.75, 3.05) is 6.54 Å². The van der Waals surface area contributed by atoms with E-state index in [0.717, 1.165) is 5.56 Å². The molecule has 1 fully saturated rings. The van der Waals surface area contributed by atoms with Gasteiger partial charge in [-0.1, -0.05) is 30.3 Å². The van der Waals surface area contributed by atoms with Gasteiger partial charge in [-0.15, -0.1) is 0 Å². The summed E-state index contributed by atoms with van der Waals surface area (Å²) in [5, 5.41) is 0. The molecule has 20 heavy (non-hydrogen) atoms. The van der Waals surface area contributed by atoms with E-state index in [2.05, 4.69) is 0 Å². The first-order chi connectivity index (χ1) is 9.57. The third-order valence-corrected chi connectivity index (χ3v) is 5.33. The molecule has 2 atom stereocenters. The Bertz CT molecular complexity index is 698. The van der Waals surface area contributed by atoms with Gasteiger partial charge in [-0.05, 0) is 36.2 Å². The lowest BCUT2D eigenvalue weighted by atomic mass is 10.1. The fraction of sp³-hybridized carbons (Fsp3) is 0.200. The van der Waals surface area contributed by atoms with Crippen molar-refractivity contribution in [3.8, 4) is 0 Å². The summed E-state index contributed by atoms with van der Waals surface area (Å²) < 4.78 is 38.9. The SMILES string of the molecule is O=S(=O)(c1ccc(F)cc1)N1C[C@@H]1Cc1ccccc1. The molecule has 0 aliphatic carbocycles. The van der Waals surface area contributed by atoms with Gasteiger partial charge in [0.1, 0.15) is 5.82 Å². The van der Waals surface area contributed by atoms with Crippen molar-refractivity contribution in [2.24, 2.45) is 0 Å². The van der Waals surface area contributed by atoms with E-state index in [1.165, 1.54) is 28.6 Å². The normalized spacial score (nSPS) is 21.6. The van der Waals surface area contributed by atoms with Gasteiger partial charge in [0.15, 0.2) is 0 Å². The Hall–Kier alpha value is -1.72. The average molecular weight is 291 g/mol. The largest absolute Gasteiger partial charge is 0.243 e. The van der Waals surface area contributed by atoms with Crippen LogP contribution in [0.5, 0.6) is 0 Å². The van der Waals surface area contributed by atoms with Crippen LogP contribution in [0, 0.1) is 5.82 Å². The van der Waals surface area contributed by atoms with Crippen molar-refractivity contribution in [3.05, 3.63) is 66.0 Å². The molecule has 3 rings (SSSR count). The molecular weight excluding hydrogens is 277 g/mol. The summed E-state index contributed by atoms with van der Waals surface area (Å²) in [5.41, 5.74) is 1.12. The second kappa shape index (κ2) is 5.00. The van der Waals surface area contributed by atoms with E-state index in [1.807, 2.05) is 30.3 Å². The van der Waals surface area contributed by atoms with Gasteiger partial charge in [-0.25, -0.2) is 12.8 Å². The molecule has 5 heteroatoms. The molecular formula is C15H14FNO2S. The standard InChI is InChI=1S/C15H14FNO2S/c16-13-6-8-15(9-7-13)20(18,19)17-11-14(17)10-12-4-2-1-3-5-12/h1-9,14H,10-11H2/t14-,17?/m0/s1. The smallest absolute Gasteiger partial charge is 0.207 e. The summed E-state index contributed by atoms with van der Waals surface area (Å²) in [7, 11) is -3.49. The van der Waals surface area contributed by atoms with Crippen molar-refractivity contribution in [1.82, 2.24) is 4.31 Å². The zero-order chi connectivity index (χ0) is 14.2. The van der Waals surface area contributed by atoms with Gasteiger partial charge in [0.05, 0.1) is 4.90 Å². The lowest BCUT2D eigenvalue weighted by molar-refractivity contribution is 0.551. The number of rotatable bonds is 4. The van der Waals surface area contributed by atoms with Gasteiger partial charge in [-0.3, -0.25) is 0 Å². The Morgan fingerprint density at radius 1 is 1.05 bits per heavy atom. The maximum Gasteiger partial charge on any atom is 0.243 e. The average Bonchev–Trinajstić information content (AvgIpc) is 3.20. The molecule has 3 nitrogen and oxygen atoms in total. The van der Waals surface area contributed by atoms with Crippen molar-refractivity contribution in [2.45, 2.75) is 17.4 Å². The third kappa shape index (κ3) is 2.59. The Kier molecular flexibility index (Phi) is 3.31. The molecule has 0 spiro atoms. The molecule has 104 valence electrons. The minimum Gasteiger partial charge on any atom is -0.207 e. The highest BCUT2D eigenvalue weighted by molar-refractivity contribution is 7.89. The summed E-state index contributed by atoms with van der Waals surface area (Å²) in [6.07, 6.45) is 0.710. The van der Waals surface area contributed by atoms with Crippen LogP contribution in [-0.4, -0.2) is 25.3 Å². The Balaban J connectivity index is 1.73. The molecule has 1 heterocycles. The quantitative estimate of drug-likeness (QED) is 0.811. The zero-order valence-corrected chi connectivity index (χ0v) is 11.6. The highest BCUT2D eigenvalue weighted by Gasteiger charge is 2.44. The van der Waals surface area contributed by atoms with Crippen LogP contribution in [0.3, 0.4) is 0 Å². The molecule has 1 saturated heterocycles. The second-order valence-electron chi connectivity index (χ2n) is 4.87. The maximum absolute atomic E-state index is 12.8. The topological polar surface area (TPSA) is 37.1 Å². The summed E-state index contributed by atoms with van der Waals surface area (Å²) in [4.78, 5) is 0.148. The molecule has 2 aromatic carbocycles. The molecule has 0 aromatic heterocycles. The molecule has 0 saturated carbocycles. The van der Waals surface area contributed by atoms with E-state index in [1.54, 1.807) is 0 Å². The molecule has 0 N–H and O–H groups in total. The predicted molar refractivity (Wildman–Crippen MR) is 74.2 cm³/mol. The summed E-state index contributed by atoms with van der Waals surface area (Å²) in [5.74, 6) is -0.435. The van der Waals surface area contributed by atoms with Gasteiger partial charge in [-0.2, -0.15) is 4.31 Å². The Morgan fingerprint density at radius 2 is 1.70 bits per heavy atom. The van der Waals surface area contributed by atoms with E-state index in [4.69, 9.17) is 0 Å². The Morgan fingerprint density at radius 3 is 2.35 bits per heavy atom. The van der Waals surface area contributed by atoms with Crippen LogP contribution in [0.25, 0.3) is 0 Å². The highest BCUT2D eigenvalue weighted by Crippen LogP contribution is 2.30. The number of nitrogens with zero attached hydrogens (tertiary/aromatic N) is 1. The minimum atomic E-state index is -3.49. The van der Waals surface area contributed by atoms with E-state index in [0.29, 0.717) is 13.0 Å². The summed E-state index contributed by atoms with van der Waals surface area (Å²) >= 11 is 0. The first-order valence-electron chi connectivity index (χ1n) is 6.39. The summed E-state index contributed by atoms with van der Waals surface area (Å²) in [6.45, 7) is 0.522. The van der Waals surface area contributed by atoms with Crippen LogP contribution in [0.2, 0.25) is 0 Å². The van der Waals surface area contributed by atoms with Crippen molar-refractivity contribution in [1.29, 1.82) is 0 Å². The number of hydrogen-bond acceptors (Lipinski definition) is 2. The lowest BCUT2D eigenvalue weighted by Gasteiger charge is -2.06. The molecule has 1 aliphatic rings. The zero-order valence-electron chi connectivity index (χ0n) is 10.7. The first kappa shape index (κ1) is 13.3. The number of benzene rings is 2. The van der Waals surface area contributed by atoms with Gasteiger partial charge in [0.25, 0.3) is 0 Å². The van der Waals surface area contributed by atoms with Gasteiger partial charge in [0.2, 0.25) is 10.0 Å². The van der Waals surface area contributed by atoms with Crippen LogP contribution in [0.1, 0.15) is 5.56 Å². The van der Waals surface area contributed by atoms with Gasteiger partial charge in [0, 0.05) is 12.6 Å². The second-order valence-corrected chi connectivity index (χ2v) is 6.76. The Labute approximate surface area is 117 Å². The van der Waals surface area contributed by atoms with Crippen LogP contribution in [0.4, 0.5) is 4.39 Å². The van der Waals surface area contributed by atoms with Crippen LogP contribution < -0.4 is 0 Å². The maximum atomic E-state index is 12.8. The van der Waals surface area contributed by atoms with Crippen molar-refractivity contribution in [3.63, 3.8) is 0 Å². The fourth-order valence-corrected chi connectivity index (χ4v) is 3.84. The minimum absolute atomic E-state index is 0.00690. The third-order valence-electron chi connectivity index (χ3n) is 3.40. The van der Waals surface area contributed by atoms with Crippen molar-refractivity contribution >= 4 is 10.0 Å². The highest BCUT2D eigenvalue weighted by atomic mass is 32.2. The van der Waals surface area contributed by atoms with Gasteiger partial charge < -0.3 is 0 Å². The number of hydrogen-bond donors (Lipinski definition) is 0. The molecule has 1 aliphatic heterocycles. The monoisotopic (exact) mass is 291 g/mol. The molecule has 0 radical (unpaired) electrons. The van der Waals surface area contributed by atoms with Crippen LogP contribution in [0.15, 0.2) is 59.5 Å². The molecule has 2 aromatic rings. The predicted octanol–water partition coefficient (Wildman–Crippen LogP) is 2.44. The lowest BCUT2D eigenvalue weighted by Crippen LogP contribution is -2.15. The van der Waals surface area contributed by atoms with E-state index in [-0.39, 0.29) is 10.9 Å². The molecule has 0 amide bonds. The van der Waals surface area contributed by atoms with Crippen molar-refractivity contribution < 1.29 is 12.8 Å². The molecule has 1 unspecified atom stereocenters. The first-order valence-corrected chi connectivity index (χ1v) is 7.83. The van der Waals surface area contributed by atoms with Gasteiger partial charge >= 0.3 is 0 Å². The number of halogens is 1. The summed E-state index contributed by atoms with van der Waals surface area (Å²) in [6, 6.07) is 14.8. The number of sulfonamides is 1. The van der Waals surface area contributed by atoms with E-state index < -0.39 is 15.8 Å². The molecule has 0 bridgehead atoms.